The highest BCUT2D eigenvalue weighted by molar-refractivity contribution is 7.89. The minimum Gasteiger partial charge on any atom is -0.347 e. The van der Waals surface area contributed by atoms with Crippen molar-refractivity contribution in [1.82, 2.24) is 9.62 Å². The number of nitrogens with zero attached hydrogens (tertiary/aromatic N) is 2. The fourth-order valence-electron chi connectivity index (χ4n) is 3.80. The van der Waals surface area contributed by atoms with Crippen molar-refractivity contribution in [2.75, 3.05) is 24.5 Å². The number of hydrogen-bond acceptors (Lipinski definition) is 4. The molecule has 2 heterocycles. The van der Waals surface area contributed by atoms with Crippen LogP contribution >= 0.6 is 0 Å². The summed E-state index contributed by atoms with van der Waals surface area (Å²) in [5.41, 5.74) is 0.901. The molecule has 0 spiro atoms. The molecule has 2 aromatic rings. The third-order valence-electron chi connectivity index (χ3n) is 5.42. The molecule has 158 valence electrons. The second-order valence-corrected chi connectivity index (χ2v) is 9.43. The number of benzene rings is 2. The van der Waals surface area contributed by atoms with Crippen LogP contribution in [0.2, 0.25) is 0 Å². The molecule has 2 aliphatic heterocycles. The Kier molecular flexibility index (Phi) is 5.57. The zero-order valence-corrected chi connectivity index (χ0v) is 17.1. The average molecular weight is 431 g/mol. The van der Waals surface area contributed by atoms with E-state index in [1.54, 1.807) is 0 Å². The van der Waals surface area contributed by atoms with Crippen molar-refractivity contribution in [3.63, 3.8) is 0 Å². The molecule has 2 saturated heterocycles. The van der Waals surface area contributed by atoms with Crippen LogP contribution in [0.15, 0.2) is 53.4 Å². The largest absolute Gasteiger partial charge is 0.347 e. The fourth-order valence-corrected chi connectivity index (χ4v) is 5.32. The summed E-state index contributed by atoms with van der Waals surface area (Å²) in [7, 11) is -3.53. The van der Waals surface area contributed by atoms with Gasteiger partial charge in [-0.25, -0.2) is 12.8 Å². The Labute approximate surface area is 174 Å². The smallest absolute Gasteiger partial charge is 0.251 e. The molecule has 1 atom stereocenters. The van der Waals surface area contributed by atoms with E-state index in [0.717, 1.165) is 12.8 Å². The Hall–Kier alpha value is -2.78. The summed E-state index contributed by atoms with van der Waals surface area (Å²) in [5, 5.41) is 2.81. The van der Waals surface area contributed by atoms with Gasteiger partial charge in [0.25, 0.3) is 5.91 Å². The topological polar surface area (TPSA) is 86.8 Å². The second kappa shape index (κ2) is 8.16. The van der Waals surface area contributed by atoms with Gasteiger partial charge in [-0.1, -0.05) is 0 Å². The van der Waals surface area contributed by atoms with Crippen LogP contribution in [0.5, 0.6) is 0 Å². The summed E-state index contributed by atoms with van der Waals surface area (Å²) in [4.78, 5) is 26.5. The van der Waals surface area contributed by atoms with Gasteiger partial charge < -0.3 is 10.2 Å². The maximum Gasteiger partial charge on any atom is 0.251 e. The number of anilines is 1. The number of hydrogen-bond donors (Lipinski definition) is 1. The lowest BCUT2D eigenvalue weighted by atomic mass is 10.2. The van der Waals surface area contributed by atoms with Crippen molar-refractivity contribution in [2.24, 2.45) is 0 Å². The Morgan fingerprint density at radius 3 is 2.27 bits per heavy atom. The molecule has 0 aliphatic carbocycles. The third-order valence-corrected chi connectivity index (χ3v) is 7.33. The van der Waals surface area contributed by atoms with E-state index in [4.69, 9.17) is 0 Å². The van der Waals surface area contributed by atoms with Crippen LogP contribution in [-0.4, -0.2) is 50.2 Å². The molecule has 0 saturated carbocycles. The maximum absolute atomic E-state index is 13.1. The standard InChI is InChI=1S/C21H22FN3O4S/c22-16-5-7-18(8-6-16)25-14-17(13-20(25)26)23-21(27)15-3-9-19(10-4-15)30(28,29)24-11-1-2-12-24/h3-10,17H,1-2,11-14H2,(H,23,27)/t17-/m0/s1. The van der Waals surface area contributed by atoms with Gasteiger partial charge in [0.15, 0.2) is 0 Å². The van der Waals surface area contributed by atoms with Crippen molar-refractivity contribution in [1.29, 1.82) is 0 Å². The fraction of sp³-hybridized carbons (Fsp3) is 0.333. The summed E-state index contributed by atoms with van der Waals surface area (Å²) in [5.74, 6) is -0.914. The highest BCUT2D eigenvalue weighted by Gasteiger charge is 2.32. The molecule has 30 heavy (non-hydrogen) atoms. The van der Waals surface area contributed by atoms with Crippen molar-refractivity contribution in [3.8, 4) is 0 Å². The van der Waals surface area contributed by atoms with Gasteiger partial charge in [-0.2, -0.15) is 4.31 Å². The SMILES string of the molecule is O=C(N[C@H]1CC(=O)N(c2ccc(F)cc2)C1)c1ccc(S(=O)(=O)N2CCCC2)cc1. The molecule has 0 unspecified atom stereocenters. The van der Waals surface area contributed by atoms with Crippen LogP contribution in [-0.2, 0) is 14.8 Å². The number of carbonyl (C=O) groups is 2. The first kappa shape index (κ1) is 20.5. The van der Waals surface area contributed by atoms with E-state index in [0.29, 0.717) is 24.3 Å². The first-order valence-electron chi connectivity index (χ1n) is 9.81. The molecule has 0 bridgehead atoms. The van der Waals surface area contributed by atoms with Crippen molar-refractivity contribution in [2.45, 2.75) is 30.2 Å². The van der Waals surface area contributed by atoms with E-state index in [-0.39, 0.29) is 41.5 Å². The van der Waals surface area contributed by atoms with Gasteiger partial charge in [-0.05, 0) is 61.4 Å². The van der Waals surface area contributed by atoms with Crippen LogP contribution in [0, 0.1) is 5.82 Å². The van der Waals surface area contributed by atoms with Gasteiger partial charge in [0.1, 0.15) is 5.82 Å². The van der Waals surface area contributed by atoms with Crippen LogP contribution < -0.4 is 10.2 Å². The molecular formula is C21H22FN3O4S. The molecule has 2 aromatic carbocycles. The number of rotatable bonds is 5. The monoisotopic (exact) mass is 431 g/mol. The van der Waals surface area contributed by atoms with E-state index in [9.17, 15) is 22.4 Å². The lowest BCUT2D eigenvalue weighted by Gasteiger charge is -2.17. The summed E-state index contributed by atoms with van der Waals surface area (Å²) in [6.07, 6.45) is 1.86. The number of halogens is 1. The number of nitrogens with one attached hydrogen (secondary N) is 1. The van der Waals surface area contributed by atoms with Crippen molar-refractivity contribution >= 4 is 27.5 Å². The van der Waals surface area contributed by atoms with Crippen LogP contribution in [0.1, 0.15) is 29.6 Å². The Morgan fingerprint density at radius 1 is 1.00 bits per heavy atom. The van der Waals surface area contributed by atoms with E-state index < -0.39 is 10.0 Å². The molecule has 1 N–H and O–H groups in total. The third kappa shape index (κ3) is 4.08. The van der Waals surface area contributed by atoms with Gasteiger partial charge in [-0.15, -0.1) is 0 Å². The average Bonchev–Trinajstić information content (AvgIpc) is 3.39. The minimum absolute atomic E-state index is 0.143. The molecular weight excluding hydrogens is 409 g/mol. The second-order valence-electron chi connectivity index (χ2n) is 7.49. The lowest BCUT2D eigenvalue weighted by molar-refractivity contribution is -0.117. The zero-order valence-electron chi connectivity index (χ0n) is 16.3. The van der Waals surface area contributed by atoms with E-state index in [2.05, 4.69) is 5.32 Å². The van der Waals surface area contributed by atoms with E-state index in [1.807, 2.05) is 0 Å². The van der Waals surface area contributed by atoms with Gasteiger partial charge >= 0.3 is 0 Å². The van der Waals surface area contributed by atoms with Gasteiger partial charge in [0.2, 0.25) is 15.9 Å². The molecule has 4 rings (SSSR count). The highest BCUT2D eigenvalue weighted by atomic mass is 32.2. The number of carbonyl (C=O) groups excluding carboxylic acids is 2. The predicted molar refractivity (Wildman–Crippen MR) is 109 cm³/mol. The zero-order chi connectivity index (χ0) is 21.3. The Balaban J connectivity index is 1.40. The van der Waals surface area contributed by atoms with E-state index >= 15 is 0 Å². The summed E-state index contributed by atoms with van der Waals surface area (Å²) >= 11 is 0. The molecule has 2 amide bonds. The maximum atomic E-state index is 13.1. The normalized spacial score (nSPS) is 20.0. The Bertz CT molecular complexity index is 1050. The molecule has 9 heteroatoms. The first-order chi connectivity index (χ1) is 14.3. The summed E-state index contributed by atoms with van der Waals surface area (Å²) in [6.45, 7) is 1.33. The van der Waals surface area contributed by atoms with Crippen molar-refractivity contribution < 1.29 is 22.4 Å². The van der Waals surface area contributed by atoms with Gasteiger partial charge in [0, 0.05) is 37.3 Å². The Morgan fingerprint density at radius 2 is 1.63 bits per heavy atom. The van der Waals surface area contributed by atoms with E-state index in [1.165, 1.54) is 57.7 Å². The molecule has 0 aromatic heterocycles. The van der Waals surface area contributed by atoms with Gasteiger partial charge in [-0.3, -0.25) is 9.59 Å². The number of amides is 2. The summed E-state index contributed by atoms with van der Waals surface area (Å²) in [6, 6.07) is 11.1. The molecule has 7 nitrogen and oxygen atoms in total. The van der Waals surface area contributed by atoms with Crippen LogP contribution in [0.4, 0.5) is 10.1 Å². The van der Waals surface area contributed by atoms with Crippen molar-refractivity contribution in [3.05, 3.63) is 59.9 Å². The predicted octanol–water partition coefficient (Wildman–Crippen LogP) is 2.15. The minimum atomic E-state index is -3.53. The molecule has 2 aliphatic rings. The first-order valence-corrected chi connectivity index (χ1v) is 11.3. The molecule has 2 fully saturated rings. The summed E-state index contributed by atoms with van der Waals surface area (Å²) < 4.78 is 39.7. The quantitative estimate of drug-likeness (QED) is 0.786. The van der Waals surface area contributed by atoms with Gasteiger partial charge in [0.05, 0.1) is 10.9 Å². The highest BCUT2D eigenvalue weighted by Crippen LogP contribution is 2.23. The van der Waals surface area contributed by atoms with Crippen LogP contribution in [0.3, 0.4) is 0 Å². The van der Waals surface area contributed by atoms with Crippen LogP contribution in [0.25, 0.3) is 0 Å². The molecule has 0 radical (unpaired) electrons. The lowest BCUT2D eigenvalue weighted by Crippen LogP contribution is -2.37. The number of sulfonamides is 1.